The number of nitrogens with two attached hydrogens (primary N) is 1. The van der Waals surface area contributed by atoms with Gasteiger partial charge in [0, 0.05) is 30.0 Å². The van der Waals surface area contributed by atoms with Crippen LogP contribution < -0.4 is 5.73 Å². The molecule has 2 N–H and O–H groups in total. The van der Waals surface area contributed by atoms with E-state index in [0.29, 0.717) is 16.3 Å². The molecule has 1 unspecified atom stereocenters. The number of carbonyl (C=O) groups is 1. The summed E-state index contributed by atoms with van der Waals surface area (Å²) in [7, 11) is 1.81. The van der Waals surface area contributed by atoms with Crippen LogP contribution in [0.5, 0.6) is 0 Å². The molecule has 3 nitrogen and oxygen atoms in total. The van der Waals surface area contributed by atoms with Crippen molar-refractivity contribution in [3.63, 3.8) is 0 Å². The molecule has 0 saturated carbocycles. The summed E-state index contributed by atoms with van der Waals surface area (Å²) in [4.78, 5) is 15.4. The lowest BCUT2D eigenvalue weighted by Gasteiger charge is -2.25. The van der Waals surface area contributed by atoms with Crippen molar-refractivity contribution in [1.82, 2.24) is 4.90 Å². The smallest absolute Gasteiger partial charge is 0.253 e. The van der Waals surface area contributed by atoms with E-state index in [1.165, 1.54) is 4.88 Å². The Balaban J connectivity index is 2.09. The van der Waals surface area contributed by atoms with E-state index in [-0.39, 0.29) is 11.9 Å². The van der Waals surface area contributed by atoms with E-state index in [4.69, 9.17) is 17.3 Å². The summed E-state index contributed by atoms with van der Waals surface area (Å²) >= 11 is 7.67. The van der Waals surface area contributed by atoms with Gasteiger partial charge in [0.05, 0.1) is 10.7 Å². The Morgan fingerprint density at radius 1 is 1.45 bits per heavy atom. The molecule has 0 spiro atoms. The highest BCUT2D eigenvalue weighted by molar-refractivity contribution is 7.09. The molecule has 2 aromatic rings. The van der Waals surface area contributed by atoms with Gasteiger partial charge in [0.25, 0.3) is 5.91 Å². The molecule has 106 valence electrons. The van der Waals surface area contributed by atoms with Crippen LogP contribution in [0.2, 0.25) is 5.02 Å². The maximum Gasteiger partial charge on any atom is 0.253 e. The average Bonchev–Trinajstić information content (AvgIpc) is 2.93. The van der Waals surface area contributed by atoms with Gasteiger partial charge in [-0.05, 0) is 36.6 Å². The first-order valence-electron chi connectivity index (χ1n) is 6.33. The van der Waals surface area contributed by atoms with Crippen molar-refractivity contribution in [2.75, 3.05) is 12.8 Å². The molecule has 0 fully saturated rings. The summed E-state index contributed by atoms with van der Waals surface area (Å²) in [5.41, 5.74) is 6.70. The first-order chi connectivity index (χ1) is 9.49. The molecule has 0 aliphatic rings. The second kappa shape index (κ2) is 6.29. The number of thiophene rings is 1. The van der Waals surface area contributed by atoms with Crippen LogP contribution in [-0.2, 0) is 6.42 Å². The number of carbonyl (C=O) groups excluding carboxylic acids is 1. The van der Waals surface area contributed by atoms with E-state index in [0.717, 1.165) is 6.42 Å². The van der Waals surface area contributed by atoms with Crippen LogP contribution in [0, 0.1) is 0 Å². The minimum Gasteiger partial charge on any atom is -0.398 e. The highest BCUT2D eigenvalue weighted by Gasteiger charge is 2.18. The van der Waals surface area contributed by atoms with Gasteiger partial charge in [0.15, 0.2) is 0 Å². The molecule has 0 saturated heterocycles. The lowest BCUT2D eigenvalue weighted by molar-refractivity contribution is 0.0744. The van der Waals surface area contributed by atoms with Gasteiger partial charge in [0.1, 0.15) is 0 Å². The second-order valence-corrected chi connectivity index (χ2v) is 6.22. The molecule has 1 aromatic carbocycles. The van der Waals surface area contributed by atoms with Crippen LogP contribution in [0.3, 0.4) is 0 Å². The predicted molar refractivity (Wildman–Crippen MR) is 85.4 cm³/mol. The lowest BCUT2D eigenvalue weighted by Crippen LogP contribution is -2.36. The van der Waals surface area contributed by atoms with Crippen LogP contribution in [0.4, 0.5) is 5.69 Å². The molecule has 1 amide bonds. The van der Waals surface area contributed by atoms with E-state index in [2.05, 4.69) is 6.07 Å². The minimum absolute atomic E-state index is 0.0454. The number of rotatable bonds is 4. The topological polar surface area (TPSA) is 46.3 Å². The SMILES string of the molecule is CC(Cc1cccs1)N(C)C(=O)c1ccc(N)c(Cl)c1. The molecular formula is C15H17ClN2OS. The highest BCUT2D eigenvalue weighted by Crippen LogP contribution is 2.21. The maximum atomic E-state index is 12.4. The van der Waals surface area contributed by atoms with Crippen molar-refractivity contribution in [3.8, 4) is 0 Å². The van der Waals surface area contributed by atoms with Crippen molar-refractivity contribution < 1.29 is 4.79 Å². The monoisotopic (exact) mass is 308 g/mol. The number of hydrogen-bond donors (Lipinski definition) is 1. The third-order valence-corrected chi connectivity index (χ3v) is 4.53. The molecule has 1 heterocycles. The molecule has 0 aliphatic heterocycles. The summed E-state index contributed by atoms with van der Waals surface area (Å²) in [6.07, 6.45) is 0.850. The second-order valence-electron chi connectivity index (χ2n) is 4.78. The largest absolute Gasteiger partial charge is 0.398 e. The predicted octanol–water partition coefficient (Wildman–Crippen LogP) is 3.69. The number of hydrogen-bond acceptors (Lipinski definition) is 3. The fraction of sp³-hybridized carbons (Fsp3) is 0.267. The number of nitrogen functional groups attached to an aromatic ring is 1. The number of benzene rings is 1. The molecule has 5 heteroatoms. The molecule has 1 aromatic heterocycles. The average molecular weight is 309 g/mol. The van der Waals surface area contributed by atoms with Crippen molar-refractivity contribution in [1.29, 1.82) is 0 Å². The normalized spacial score (nSPS) is 12.2. The number of likely N-dealkylation sites (N-methyl/N-ethyl adjacent to an activating group) is 1. The Morgan fingerprint density at radius 2 is 2.20 bits per heavy atom. The van der Waals surface area contributed by atoms with Gasteiger partial charge in [-0.2, -0.15) is 0 Å². The Kier molecular flexibility index (Phi) is 4.68. The third-order valence-electron chi connectivity index (χ3n) is 3.31. The van der Waals surface area contributed by atoms with E-state index < -0.39 is 0 Å². The van der Waals surface area contributed by atoms with Crippen molar-refractivity contribution in [2.24, 2.45) is 0 Å². The molecule has 0 bridgehead atoms. The van der Waals surface area contributed by atoms with Crippen molar-refractivity contribution >= 4 is 34.5 Å². The summed E-state index contributed by atoms with van der Waals surface area (Å²) < 4.78 is 0. The van der Waals surface area contributed by atoms with Crippen LogP contribution >= 0.6 is 22.9 Å². The molecule has 0 radical (unpaired) electrons. The minimum atomic E-state index is -0.0454. The zero-order valence-corrected chi connectivity index (χ0v) is 13.0. The summed E-state index contributed by atoms with van der Waals surface area (Å²) in [5.74, 6) is -0.0454. The molecule has 1 atom stereocenters. The fourth-order valence-corrected chi connectivity index (χ4v) is 2.93. The first kappa shape index (κ1) is 14.9. The number of nitrogens with zero attached hydrogens (tertiary/aromatic N) is 1. The number of amides is 1. The Morgan fingerprint density at radius 3 is 2.80 bits per heavy atom. The zero-order valence-electron chi connectivity index (χ0n) is 11.5. The Hall–Kier alpha value is -1.52. The number of halogens is 1. The van der Waals surface area contributed by atoms with Crippen molar-refractivity contribution in [3.05, 3.63) is 51.2 Å². The lowest BCUT2D eigenvalue weighted by atomic mass is 10.1. The van der Waals surface area contributed by atoms with E-state index in [1.807, 2.05) is 25.4 Å². The van der Waals surface area contributed by atoms with Gasteiger partial charge < -0.3 is 10.6 Å². The summed E-state index contributed by atoms with van der Waals surface area (Å²) in [6, 6.07) is 9.21. The van der Waals surface area contributed by atoms with Crippen LogP contribution in [0.15, 0.2) is 35.7 Å². The number of anilines is 1. The zero-order chi connectivity index (χ0) is 14.7. The highest BCUT2D eigenvalue weighted by atomic mass is 35.5. The third kappa shape index (κ3) is 3.32. The van der Waals surface area contributed by atoms with Gasteiger partial charge in [-0.15, -0.1) is 11.3 Å². The Labute approximate surface area is 128 Å². The first-order valence-corrected chi connectivity index (χ1v) is 7.59. The van der Waals surface area contributed by atoms with Gasteiger partial charge >= 0.3 is 0 Å². The standard InChI is InChI=1S/C15H17ClN2OS/c1-10(8-12-4-3-7-20-12)18(2)15(19)11-5-6-14(17)13(16)9-11/h3-7,9-10H,8,17H2,1-2H3. The van der Waals surface area contributed by atoms with Crippen LogP contribution in [-0.4, -0.2) is 23.9 Å². The van der Waals surface area contributed by atoms with Gasteiger partial charge in [0.2, 0.25) is 0 Å². The molecule has 0 aliphatic carbocycles. The summed E-state index contributed by atoms with van der Waals surface area (Å²) in [5, 5.41) is 2.46. The van der Waals surface area contributed by atoms with Gasteiger partial charge in [-0.3, -0.25) is 4.79 Å². The maximum absolute atomic E-state index is 12.4. The van der Waals surface area contributed by atoms with Gasteiger partial charge in [-0.25, -0.2) is 0 Å². The Bertz CT molecular complexity index is 598. The van der Waals surface area contributed by atoms with Crippen molar-refractivity contribution in [2.45, 2.75) is 19.4 Å². The summed E-state index contributed by atoms with van der Waals surface area (Å²) in [6.45, 7) is 2.04. The van der Waals surface area contributed by atoms with E-state index >= 15 is 0 Å². The molecular weight excluding hydrogens is 292 g/mol. The quantitative estimate of drug-likeness (QED) is 0.876. The fourth-order valence-electron chi connectivity index (χ4n) is 1.92. The molecule has 20 heavy (non-hydrogen) atoms. The van der Waals surface area contributed by atoms with Crippen LogP contribution in [0.1, 0.15) is 22.2 Å². The van der Waals surface area contributed by atoms with Crippen LogP contribution in [0.25, 0.3) is 0 Å². The van der Waals surface area contributed by atoms with E-state index in [9.17, 15) is 4.79 Å². The molecule has 2 rings (SSSR count). The van der Waals surface area contributed by atoms with E-state index in [1.54, 1.807) is 34.4 Å². The van der Waals surface area contributed by atoms with Gasteiger partial charge in [-0.1, -0.05) is 17.7 Å².